The van der Waals surface area contributed by atoms with Crippen LogP contribution in [0.1, 0.15) is 51.0 Å². The summed E-state index contributed by atoms with van der Waals surface area (Å²) >= 11 is 0. The van der Waals surface area contributed by atoms with E-state index >= 15 is 0 Å². The maximum atomic E-state index is 13.4. The number of halogens is 4. The normalized spacial score (nSPS) is 10.6. The first-order valence-electron chi connectivity index (χ1n) is 7.99. The fourth-order valence-corrected chi connectivity index (χ4v) is 1.94. The van der Waals surface area contributed by atoms with E-state index in [2.05, 4.69) is 4.74 Å². The second-order valence-corrected chi connectivity index (χ2v) is 5.40. The molecule has 0 radical (unpaired) electrons. The van der Waals surface area contributed by atoms with Crippen LogP contribution in [0.15, 0.2) is 6.07 Å². The molecule has 0 heterocycles. The van der Waals surface area contributed by atoms with Crippen LogP contribution in [0.2, 0.25) is 0 Å². The van der Waals surface area contributed by atoms with E-state index in [9.17, 15) is 27.2 Å². The molecule has 0 saturated carbocycles. The van der Waals surface area contributed by atoms with Gasteiger partial charge in [-0.2, -0.15) is 0 Å². The highest BCUT2D eigenvalue weighted by Gasteiger charge is 2.19. The number of unbranched alkanes of at least 4 members (excludes halogenated alkanes) is 2. The van der Waals surface area contributed by atoms with E-state index in [0.717, 1.165) is 19.3 Å². The predicted octanol–water partition coefficient (Wildman–Crippen LogP) is 4.19. The maximum Gasteiger partial charge on any atom is 0.306 e. The summed E-state index contributed by atoms with van der Waals surface area (Å²) in [4.78, 5) is 22.9. The largest absolute Gasteiger partial charge is 0.466 e. The number of esters is 2. The number of hydrogen-bond acceptors (Lipinski definition) is 4. The fraction of sp³-hybridized carbons (Fsp3) is 0.529. The summed E-state index contributed by atoms with van der Waals surface area (Å²) in [5.41, 5.74) is -0.611. The molecule has 0 spiro atoms. The predicted molar refractivity (Wildman–Crippen MR) is 80.4 cm³/mol. The van der Waals surface area contributed by atoms with E-state index in [1.165, 1.54) is 0 Å². The molecule has 4 nitrogen and oxygen atoms in total. The second kappa shape index (κ2) is 10.7. The van der Waals surface area contributed by atoms with Gasteiger partial charge in [0.15, 0.2) is 23.3 Å². The summed E-state index contributed by atoms with van der Waals surface area (Å²) in [6.07, 6.45) is 2.79. The molecular formula is C17H20F4O4. The van der Waals surface area contributed by atoms with Gasteiger partial charge in [0, 0.05) is 18.4 Å². The molecule has 0 aromatic heterocycles. The van der Waals surface area contributed by atoms with E-state index in [0.29, 0.717) is 12.7 Å². The van der Waals surface area contributed by atoms with Crippen molar-refractivity contribution >= 4 is 11.9 Å². The third-order valence-electron chi connectivity index (χ3n) is 3.34. The molecule has 0 fully saturated rings. The third kappa shape index (κ3) is 7.11. The van der Waals surface area contributed by atoms with Gasteiger partial charge in [0.05, 0.1) is 6.61 Å². The van der Waals surface area contributed by atoms with E-state index in [-0.39, 0.29) is 19.3 Å². The molecule has 1 aromatic rings. The zero-order valence-corrected chi connectivity index (χ0v) is 13.9. The first-order chi connectivity index (χ1) is 11.9. The van der Waals surface area contributed by atoms with Crippen LogP contribution in [0.3, 0.4) is 0 Å². The van der Waals surface area contributed by atoms with Gasteiger partial charge < -0.3 is 9.47 Å². The number of carbonyl (C=O) groups excluding carboxylic acids is 2. The summed E-state index contributed by atoms with van der Waals surface area (Å²) in [7, 11) is 0. The van der Waals surface area contributed by atoms with Gasteiger partial charge in [0.25, 0.3) is 0 Å². The molecule has 1 aromatic carbocycles. The average molecular weight is 364 g/mol. The summed E-state index contributed by atoms with van der Waals surface area (Å²) in [6, 6.07) is 0.425. The van der Waals surface area contributed by atoms with Gasteiger partial charge in [-0.15, -0.1) is 0 Å². The molecule has 0 N–H and O–H groups in total. The van der Waals surface area contributed by atoms with Crippen LogP contribution in [-0.2, 0) is 25.7 Å². The first-order valence-corrected chi connectivity index (χ1v) is 7.99. The molecule has 8 heteroatoms. The van der Waals surface area contributed by atoms with Crippen molar-refractivity contribution in [3.63, 3.8) is 0 Å². The summed E-state index contributed by atoms with van der Waals surface area (Å²) in [6.45, 7) is 1.62. The second-order valence-electron chi connectivity index (χ2n) is 5.40. The lowest BCUT2D eigenvalue weighted by molar-refractivity contribution is -0.146. The Balaban J connectivity index is 2.31. The van der Waals surface area contributed by atoms with Crippen molar-refractivity contribution in [1.29, 1.82) is 0 Å². The molecule has 0 aliphatic rings. The summed E-state index contributed by atoms with van der Waals surface area (Å²) in [5, 5.41) is 0. The molecule has 0 bridgehead atoms. The highest BCUT2D eigenvalue weighted by molar-refractivity contribution is 5.72. The van der Waals surface area contributed by atoms with Gasteiger partial charge in [0.1, 0.15) is 6.61 Å². The van der Waals surface area contributed by atoms with Crippen molar-refractivity contribution in [2.45, 2.75) is 52.1 Å². The standard InChI is InChI=1S/C17H20F4O4/c1-2-3-4-8-24-13(22)6-5-7-14(23)25-10-11-9-12(18)16(20)17(21)15(11)19/h9H,2-8,10H2,1H3. The Hall–Kier alpha value is -2.12. The van der Waals surface area contributed by atoms with Crippen LogP contribution in [0.25, 0.3) is 0 Å². The topological polar surface area (TPSA) is 52.6 Å². The molecule has 0 atom stereocenters. The lowest BCUT2D eigenvalue weighted by Gasteiger charge is -2.08. The van der Waals surface area contributed by atoms with Crippen LogP contribution in [-0.4, -0.2) is 18.5 Å². The summed E-state index contributed by atoms with van der Waals surface area (Å²) < 4.78 is 61.9. The highest BCUT2D eigenvalue weighted by atomic mass is 19.2. The molecule has 25 heavy (non-hydrogen) atoms. The van der Waals surface area contributed by atoms with Crippen molar-refractivity contribution in [3.8, 4) is 0 Å². The number of ether oxygens (including phenoxy) is 2. The van der Waals surface area contributed by atoms with Crippen molar-refractivity contribution < 1.29 is 36.6 Å². The van der Waals surface area contributed by atoms with Crippen molar-refractivity contribution in [2.75, 3.05) is 6.61 Å². The highest BCUT2D eigenvalue weighted by Crippen LogP contribution is 2.19. The first kappa shape index (κ1) is 20.9. The zero-order valence-electron chi connectivity index (χ0n) is 13.9. The summed E-state index contributed by atoms with van der Waals surface area (Å²) in [5.74, 6) is -8.28. The molecule has 0 aliphatic carbocycles. The average Bonchev–Trinajstić information content (AvgIpc) is 2.59. The van der Waals surface area contributed by atoms with E-state index in [1.54, 1.807) is 0 Å². The molecule has 0 aliphatic heterocycles. The Morgan fingerprint density at radius 3 is 2.16 bits per heavy atom. The molecule has 140 valence electrons. The van der Waals surface area contributed by atoms with Gasteiger partial charge in [-0.05, 0) is 18.9 Å². The third-order valence-corrected chi connectivity index (χ3v) is 3.34. The molecular weight excluding hydrogens is 344 g/mol. The number of benzene rings is 1. The number of hydrogen-bond donors (Lipinski definition) is 0. The minimum atomic E-state index is -1.96. The Morgan fingerprint density at radius 2 is 1.52 bits per heavy atom. The number of rotatable bonds is 10. The van der Waals surface area contributed by atoms with Crippen molar-refractivity contribution in [1.82, 2.24) is 0 Å². The SMILES string of the molecule is CCCCCOC(=O)CCCC(=O)OCc1cc(F)c(F)c(F)c1F. The van der Waals surface area contributed by atoms with Crippen LogP contribution >= 0.6 is 0 Å². The van der Waals surface area contributed by atoms with E-state index in [4.69, 9.17) is 4.74 Å². The van der Waals surface area contributed by atoms with Gasteiger partial charge in [-0.1, -0.05) is 19.8 Å². The van der Waals surface area contributed by atoms with E-state index in [1.807, 2.05) is 6.92 Å². The lowest BCUT2D eigenvalue weighted by atomic mass is 10.2. The van der Waals surface area contributed by atoms with Crippen LogP contribution in [0.4, 0.5) is 17.6 Å². The van der Waals surface area contributed by atoms with Crippen LogP contribution in [0, 0.1) is 23.3 Å². The van der Waals surface area contributed by atoms with Gasteiger partial charge in [0.2, 0.25) is 0 Å². The molecule has 0 saturated heterocycles. The van der Waals surface area contributed by atoms with Gasteiger partial charge >= 0.3 is 11.9 Å². The monoisotopic (exact) mass is 364 g/mol. The molecule has 0 amide bonds. The number of carbonyl (C=O) groups is 2. The fourth-order valence-electron chi connectivity index (χ4n) is 1.94. The van der Waals surface area contributed by atoms with Crippen LogP contribution in [0.5, 0.6) is 0 Å². The quantitative estimate of drug-likeness (QED) is 0.205. The molecule has 0 unspecified atom stereocenters. The van der Waals surface area contributed by atoms with E-state index < -0.39 is 47.4 Å². The molecule has 1 rings (SSSR count). The Kier molecular flexibility index (Phi) is 8.94. The lowest BCUT2D eigenvalue weighted by Crippen LogP contribution is -2.10. The zero-order chi connectivity index (χ0) is 18.8. The Morgan fingerprint density at radius 1 is 0.880 bits per heavy atom. The van der Waals surface area contributed by atoms with Crippen molar-refractivity contribution in [2.24, 2.45) is 0 Å². The minimum absolute atomic E-state index is 0.0232. The van der Waals surface area contributed by atoms with Crippen molar-refractivity contribution in [3.05, 3.63) is 34.9 Å². The Labute approximate surface area is 143 Å². The van der Waals surface area contributed by atoms with Gasteiger partial charge in [-0.25, -0.2) is 17.6 Å². The van der Waals surface area contributed by atoms with Gasteiger partial charge in [-0.3, -0.25) is 9.59 Å². The smallest absolute Gasteiger partial charge is 0.306 e. The van der Waals surface area contributed by atoms with Crippen LogP contribution < -0.4 is 0 Å². The Bertz CT molecular complexity index is 605. The maximum absolute atomic E-state index is 13.4. The minimum Gasteiger partial charge on any atom is -0.466 e.